The Labute approximate surface area is 162 Å². The molecule has 0 spiro atoms. The molecule has 0 saturated carbocycles. The molecule has 0 unspecified atom stereocenters. The Bertz CT molecular complexity index is 901. The number of benzene rings is 1. The number of piperazine rings is 1. The minimum atomic E-state index is -3.16. The zero-order valence-electron chi connectivity index (χ0n) is 15.2. The number of quaternary nitrogens is 1. The lowest BCUT2D eigenvalue weighted by molar-refractivity contribution is -0.896. The first kappa shape index (κ1) is 19.7. The first-order valence-corrected chi connectivity index (χ1v) is 11.2. The molecule has 0 amide bonds. The summed E-state index contributed by atoms with van der Waals surface area (Å²) < 4.78 is 29.6. The predicted octanol–water partition coefficient (Wildman–Crippen LogP) is -0.631. The second kappa shape index (κ2) is 8.34. The quantitative estimate of drug-likeness (QED) is 0.505. The summed E-state index contributed by atoms with van der Waals surface area (Å²) in [6.45, 7) is 2.31. The lowest BCUT2D eigenvalue weighted by Crippen LogP contribution is -3.15. The van der Waals surface area contributed by atoms with E-state index < -0.39 is 10.0 Å². The van der Waals surface area contributed by atoms with Crippen molar-refractivity contribution in [3.8, 4) is 17.0 Å². The monoisotopic (exact) mass is 410 g/mol. The number of nitrogens with one attached hydrogen (secondary N) is 1. The van der Waals surface area contributed by atoms with Crippen molar-refractivity contribution in [2.24, 2.45) is 4.99 Å². The predicted molar refractivity (Wildman–Crippen MR) is 103 cm³/mol. The lowest BCUT2D eigenvalue weighted by atomic mass is 10.2. The van der Waals surface area contributed by atoms with Crippen molar-refractivity contribution in [2.45, 2.75) is 0 Å². The number of aromatic nitrogens is 1. The van der Waals surface area contributed by atoms with Crippen molar-refractivity contribution in [3.05, 3.63) is 29.6 Å². The molecule has 1 aromatic carbocycles. The van der Waals surface area contributed by atoms with E-state index in [9.17, 15) is 13.5 Å². The van der Waals surface area contributed by atoms with Gasteiger partial charge in [0, 0.05) is 16.8 Å². The Morgan fingerprint density at radius 2 is 2.00 bits per heavy atom. The SMILES string of the molecule is COc1ccc(-c2csc(N=C([O-])C[NH+]3CCN(S(C)(=O)=O)CC3)n2)cc1. The van der Waals surface area contributed by atoms with E-state index in [2.05, 4.69) is 9.98 Å². The smallest absolute Gasteiger partial charge is 0.211 e. The molecule has 2 heterocycles. The molecule has 1 aromatic heterocycles. The minimum Gasteiger partial charge on any atom is -0.858 e. The fraction of sp³-hybridized carbons (Fsp3) is 0.412. The van der Waals surface area contributed by atoms with Gasteiger partial charge in [-0.1, -0.05) is 0 Å². The van der Waals surface area contributed by atoms with Crippen molar-refractivity contribution in [1.29, 1.82) is 0 Å². The second-order valence-electron chi connectivity index (χ2n) is 6.34. The third kappa shape index (κ3) is 5.25. The number of rotatable bonds is 6. The molecule has 1 saturated heterocycles. The maximum atomic E-state index is 12.2. The number of thiazole rings is 1. The van der Waals surface area contributed by atoms with Gasteiger partial charge in [-0.25, -0.2) is 18.4 Å². The summed E-state index contributed by atoms with van der Waals surface area (Å²) in [7, 11) is -1.54. The number of hydrogen-bond donors (Lipinski definition) is 1. The molecule has 146 valence electrons. The van der Waals surface area contributed by atoms with Crippen molar-refractivity contribution >= 4 is 32.4 Å². The van der Waals surface area contributed by atoms with E-state index in [1.807, 2.05) is 29.6 Å². The van der Waals surface area contributed by atoms with Gasteiger partial charge in [-0.05, 0) is 24.3 Å². The number of sulfonamides is 1. The van der Waals surface area contributed by atoms with Gasteiger partial charge in [0.2, 0.25) is 15.2 Å². The topological polar surface area (TPSA) is 99.4 Å². The molecular formula is C17H22N4O4S2. The molecule has 27 heavy (non-hydrogen) atoms. The fourth-order valence-electron chi connectivity index (χ4n) is 2.88. The molecule has 10 heteroatoms. The Morgan fingerprint density at radius 1 is 1.33 bits per heavy atom. The minimum absolute atomic E-state index is 0.242. The standard InChI is InChI=1S/C17H22N4O4S2/c1-25-14-5-3-13(4-6-14)15-12-26-17(18-15)19-16(22)11-20-7-9-21(10-8-20)27(2,23)24/h3-6,12H,7-11H2,1-2H3,(H,18,19,22). The van der Waals surface area contributed by atoms with E-state index in [4.69, 9.17) is 4.74 Å². The van der Waals surface area contributed by atoms with Crippen LogP contribution in [0.4, 0.5) is 5.13 Å². The van der Waals surface area contributed by atoms with E-state index in [1.54, 1.807) is 7.11 Å². The molecule has 0 bridgehead atoms. The van der Waals surface area contributed by atoms with Gasteiger partial charge in [0.15, 0.2) is 0 Å². The summed E-state index contributed by atoms with van der Waals surface area (Å²) in [5, 5.41) is 14.5. The van der Waals surface area contributed by atoms with E-state index in [1.165, 1.54) is 21.9 Å². The van der Waals surface area contributed by atoms with Gasteiger partial charge in [-0.15, -0.1) is 11.3 Å². The third-order valence-corrected chi connectivity index (χ3v) is 6.44. The van der Waals surface area contributed by atoms with Crippen LogP contribution in [0.2, 0.25) is 0 Å². The summed E-state index contributed by atoms with van der Waals surface area (Å²) in [6, 6.07) is 7.53. The number of aliphatic imine (C=N–C) groups is 1. The maximum absolute atomic E-state index is 12.2. The first-order valence-electron chi connectivity index (χ1n) is 8.48. The Kier molecular flexibility index (Phi) is 6.10. The average Bonchev–Trinajstić information content (AvgIpc) is 3.09. The van der Waals surface area contributed by atoms with Gasteiger partial charge in [0.25, 0.3) is 0 Å². The van der Waals surface area contributed by atoms with E-state index in [0.29, 0.717) is 31.3 Å². The highest BCUT2D eigenvalue weighted by atomic mass is 32.2. The van der Waals surface area contributed by atoms with Crippen LogP contribution < -0.4 is 14.7 Å². The van der Waals surface area contributed by atoms with E-state index >= 15 is 0 Å². The van der Waals surface area contributed by atoms with Gasteiger partial charge in [-0.3, -0.25) is 0 Å². The van der Waals surface area contributed by atoms with Crippen molar-refractivity contribution in [3.63, 3.8) is 0 Å². The van der Waals surface area contributed by atoms with Crippen LogP contribution in [0.25, 0.3) is 11.3 Å². The van der Waals surface area contributed by atoms with E-state index in [-0.39, 0.29) is 12.4 Å². The molecule has 8 nitrogen and oxygen atoms in total. The molecule has 2 aromatic rings. The zero-order valence-corrected chi connectivity index (χ0v) is 16.8. The van der Waals surface area contributed by atoms with Crippen LogP contribution in [-0.4, -0.2) is 69.7 Å². The summed E-state index contributed by atoms with van der Waals surface area (Å²) >= 11 is 1.32. The normalized spacial score (nSPS) is 17.2. The summed E-state index contributed by atoms with van der Waals surface area (Å²) in [4.78, 5) is 9.54. The molecule has 0 aliphatic carbocycles. The Hall–Kier alpha value is -2.01. The molecule has 0 atom stereocenters. The van der Waals surface area contributed by atoms with E-state index in [0.717, 1.165) is 21.9 Å². The van der Waals surface area contributed by atoms with Crippen molar-refractivity contribution in [1.82, 2.24) is 9.29 Å². The molecule has 1 N–H and O–H groups in total. The fourth-order valence-corrected chi connectivity index (χ4v) is 4.44. The van der Waals surface area contributed by atoms with Crippen molar-refractivity contribution < 1.29 is 23.2 Å². The molecule has 1 aliphatic heterocycles. The number of nitrogens with zero attached hydrogens (tertiary/aromatic N) is 3. The first-order chi connectivity index (χ1) is 12.8. The summed E-state index contributed by atoms with van der Waals surface area (Å²) in [5.74, 6) is 0.529. The average molecular weight is 411 g/mol. The highest BCUT2D eigenvalue weighted by Crippen LogP contribution is 2.27. The van der Waals surface area contributed by atoms with Gasteiger partial charge >= 0.3 is 0 Å². The molecule has 1 fully saturated rings. The van der Waals surface area contributed by atoms with Crippen LogP contribution in [0.3, 0.4) is 0 Å². The van der Waals surface area contributed by atoms with Crippen LogP contribution >= 0.6 is 11.3 Å². The third-order valence-electron chi connectivity index (χ3n) is 4.40. The number of methoxy groups -OCH3 is 1. The van der Waals surface area contributed by atoms with Crippen LogP contribution in [0.15, 0.2) is 34.6 Å². The van der Waals surface area contributed by atoms with Gasteiger partial charge < -0.3 is 14.7 Å². The molecular weight excluding hydrogens is 388 g/mol. The molecule has 3 rings (SSSR count). The Balaban J connectivity index is 1.59. The van der Waals surface area contributed by atoms with Gasteiger partial charge in [0.05, 0.1) is 45.2 Å². The largest absolute Gasteiger partial charge is 0.858 e. The zero-order chi connectivity index (χ0) is 19.4. The summed E-state index contributed by atoms with van der Waals surface area (Å²) in [6.07, 6.45) is 1.21. The number of hydrogen-bond acceptors (Lipinski definition) is 7. The van der Waals surface area contributed by atoms with Gasteiger partial charge in [-0.2, -0.15) is 4.31 Å². The number of ether oxygens (including phenoxy) is 1. The highest BCUT2D eigenvalue weighted by molar-refractivity contribution is 7.88. The van der Waals surface area contributed by atoms with Crippen LogP contribution in [-0.2, 0) is 10.0 Å². The lowest BCUT2D eigenvalue weighted by Gasteiger charge is -2.31. The van der Waals surface area contributed by atoms with Crippen LogP contribution in [0.5, 0.6) is 5.75 Å². The second-order valence-corrected chi connectivity index (χ2v) is 9.16. The van der Waals surface area contributed by atoms with Crippen molar-refractivity contribution in [2.75, 3.05) is 46.1 Å². The van der Waals surface area contributed by atoms with Crippen LogP contribution in [0.1, 0.15) is 0 Å². The Morgan fingerprint density at radius 3 is 2.59 bits per heavy atom. The molecule has 1 aliphatic rings. The maximum Gasteiger partial charge on any atom is 0.211 e. The highest BCUT2D eigenvalue weighted by Gasteiger charge is 2.25. The summed E-state index contributed by atoms with van der Waals surface area (Å²) in [5.41, 5.74) is 1.70. The van der Waals surface area contributed by atoms with Gasteiger partial charge in [0.1, 0.15) is 12.3 Å². The molecule has 0 radical (unpaired) electrons. The van der Waals surface area contributed by atoms with Crippen LogP contribution in [0, 0.1) is 0 Å².